The molecule has 1 aliphatic heterocycles. The lowest BCUT2D eigenvalue weighted by molar-refractivity contribution is -0.168. The molecule has 0 saturated carbocycles. The number of piperazine rings is 1. The van der Waals surface area contributed by atoms with Crippen LogP contribution in [0.1, 0.15) is 66.4 Å². The van der Waals surface area contributed by atoms with Gasteiger partial charge in [-0.15, -0.1) is 0 Å². The fraction of sp³-hybridized carbons (Fsp3) is 0.708. The van der Waals surface area contributed by atoms with Crippen molar-refractivity contribution >= 4 is 5.91 Å². The van der Waals surface area contributed by atoms with Gasteiger partial charge in [0.25, 0.3) is 0 Å². The van der Waals surface area contributed by atoms with E-state index in [0.29, 0.717) is 6.42 Å². The van der Waals surface area contributed by atoms with E-state index in [4.69, 9.17) is 4.84 Å². The highest BCUT2D eigenvalue weighted by Crippen LogP contribution is 2.09. The van der Waals surface area contributed by atoms with Crippen LogP contribution < -0.4 is 0 Å². The lowest BCUT2D eigenvalue weighted by Gasteiger charge is -2.34. The number of nitrogens with zero attached hydrogens (tertiary/aromatic N) is 3. The zero-order chi connectivity index (χ0) is 22.5. The van der Waals surface area contributed by atoms with Crippen molar-refractivity contribution in [3.05, 3.63) is 35.9 Å². The zero-order valence-corrected chi connectivity index (χ0v) is 20.4. The van der Waals surface area contributed by atoms with Crippen LogP contribution in [0.25, 0.3) is 0 Å². The Hall–Kier alpha value is -1.43. The molecule has 0 aromatic heterocycles. The van der Waals surface area contributed by atoms with Crippen LogP contribution >= 0.6 is 0 Å². The third-order valence-electron chi connectivity index (χ3n) is 4.45. The van der Waals surface area contributed by atoms with Crippen LogP contribution in [0.2, 0.25) is 0 Å². The summed E-state index contributed by atoms with van der Waals surface area (Å²) in [5, 5.41) is 1.31. The van der Waals surface area contributed by atoms with E-state index >= 15 is 0 Å². The Bertz CT molecular complexity index is 460. The predicted molar refractivity (Wildman–Crippen MR) is 126 cm³/mol. The minimum absolute atomic E-state index is 0.0557. The molecule has 0 N–H and O–H groups in total. The summed E-state index contributed by atoms with van der Waals surface area (Å²) in [5.41, 5.74) is 1.39. The van der Waals surface area contributed by atoms with Gasteiger partial charge in [-0.05, 0) is 24.9 Å². The van der Waals surface area contributed by atoms with E-state index in [1.54, 1.807) is 7.05 Å². The highest BCUT2D eigenvalue weighted by Gasteiger charge is 2.16. The quantitative estimate of drug-likeness (QED) is 0.443. The standard InChI is InChI=1S/C18H29N3O2.3C2H6/c1-19(23-2)18(22)10-6-7-11-20-12-14-21(15-13-20)16-17-8-4-3-5-9-17;3*1-2/h3-5,8-9H,6-7,10-16H2,1-2H3;3*1-2H3. The van der Waals surface area contributed by atoms with E-state index in [0.717, 1.165) is 52.1 Å². The molecule has 0 bridgehead atoms. The van der Waals surface area contributed by atoms with Crippen molar-refractivity contribution in [3.8, 4) is 0 Å². The summed E-state index contributed by atoms with van der Waals surface area (Å²) in [7, 11) is 3.18. The normalized spacial score (nSPS) is 13.7. The van der Waals surface area contributed by atoms with Gasteiger partial charge in [-0.25, -0.2) is 5.06 Å². The molecule has 1 aliphatic rings. The smallest absolute Gasteiger partial charge is 0.245 e. The average Bonchev–Trinajstić information content (AvgIpc) is 2.81. The number of carbonyl (C=O) groups is 1. The van der Waals surface area contributed by atoms with Crippen LogP contribution in [0.3, 0.4) is 0 Å². The van der Waals surface area contributed by atoms with Crippen LogP contribution in [0.15, 0.2) is 30.3 Å². The predicted octanol–water partition coefficient (Wildman–Crippen LogP) is 5.07. The minimum Gasteiger partial charge on any atom is -0.301 e. The second kappa shape index (κ2) is 21.3. The third kappa shape index (κ3) is 14.2. The highest BCUT2D eigenvalue weighted by molar-refractivity contribution is 5.74. The molecule has 0 radical (unpaired) electrons. The van der Waals surface area contributed by atoms with Crippen molar-refractivity contribution in [1.82, 2.24) is 14.9 Å². The van der Waals surface area contributed by atoms with Gasteiger partial charge in [0, 0.05) is 46.2 Å². The molecule has 0 aliphatic carbocycles. The lowest BCUT2D eigenvalue weighted by Crippen LogP contribution is -2.46. The molecule has 1 aromatic rings. The number of hydroxylamine groups is 2. The highest BCUT2D eigenvalue weighted by atomic mass is 16.7. The summed E-state index contributed by atoms with van der Waals surface area (Å²) >= 11 is 0. The molecule has 170 valence electrons. The first-order chi connectivity index (χ1) is 14.2. The number of amides is 1. The Morgan fingerprint density at radius 3 is 1.93 bits per heavy atom. The monoisotopic (exact) mass is 409 g/mol. The maximum atomic E-state index is 11.6. The second-order valence-corrected chi connectivity index (χ2v) is 6.13. The molecule has 2 rings (SSSR count). The Labute approximate surface area is 181 Å². The number of carbonyl (C=O) groups excluding carboxylic acids is 1. The topological polar surface area (TPSA) is 36.0 Å². The van der Waals surface area contributed by atoms with Crippen LogP contribution in [-0.4, -0.2) is 67.7 Å². The maximum Gasteiger partial charge on any atom is 0.245 e. The van der Waals surface area contributed by atoms with Crippen LogP contribution in [0.5, 0.6) is 0 Å². The summed E-state index contributed by atoms with van der Waals surface area (Å²) < 4.78 is 0. The average molecular weight is 410 g/mol. The van der Waals surface area contributed by atoms with Crippen molar-refractivity contribution in [2.75, 3.05) is 46.9 Å². The molecule has 1 aromatic carbocycles. The fourth-order valence-corrected chi connectivity index (χ4v) is 2.88. The summed E-state index contributed by atoms with van der Waals surface area (Å²) in [6.07, 6.45) is 2.57. The van der Waals surface area contributed by atoms with Gasteiger partial charge < -0.3 is 4.90 Å². The largest absolute Gasteiger partial charge is 0.301 e. The summed E-state index contributed by atoms with van der Waals surface area (Å²) in [5.74, 6) is 0.0557. The lowest BCUT2D eigenvalue weighted by atomic mass is 10.2. The van der Waals surface area contributed by atoms with E-state index in [9.17, 15) is 4.79 Å². The molecule has 1 heterocycles. The van der Waals surface area contributed by atoms with Crippen molar-refractivity contribution in [1.29, 1.82) is 0 Å². The molecular formula is C24H47N3O2. The molecule has 5 heteroatoms. The Balaban J connectivity index is 0. The number of hydrogen-bond acceptors (Lipinski definition) is 4. The maximum absolute atomic E-state index is 11.6. The third-order valence-corrected chi connectivity index (χ3v) is 4.45. The van der Waals surface area contributed by atoms with Gasteiger partial charge in [0.15, 0.2) is 0 Å². The van der Waals surface area contributed by atoms with Gasteiger partial charge in [-0.2, -0.15) is 0 Å². The van der Waals surface area contributed by atoms with E-state index in [-0.39, 0.29) is 5.91 Å². The minimum atomic E-state index is 0.0557. The second-order valence-electron chi connectivity index (χ2n) is 6.13. The summed E-state index contributed by atoms with van der Waals surface area (Å²) in [6, 6.07) is 10.7. The van der Waals surface area contributed by atoms with Crippen molar-refractivity contribution in [3.63, 3.8) is 0 Å². The van der Waals surface area contributed by atoms with Crippen molar-refractivity contribution in [2.45, 2.75) is 67.3 Å². The summed E-state index contributed by atoms with van der Waals surface area (Å²) in [6.45, 7) is 18.6. The number of hydrogen-bond donors (Lipinski definition) is 0. The Morgan fingerprint density at radius 2 is 1.41 bits per heavy atom. The molecule has 5 nitrogen and oxygen atoms in total. The number of benzene rings is 1. The van der Waals surface area contributed by atoms with E-state index < -0.39 is 0 Å². The van der Waals surface area contributed by atoms with Gasteiger partial charge >= 0.3 is 0 Å². The van der Waals surface area contributed by atoms with Gasteiger partial charge in [0.2, 0.25) is 5.91 Å². The number of unbranched alkanes of at least 4 members (excludes halogenated alkanes) is 1. The molecule has 29 heavy (non-hydrogen) atoms. The molecule has 1 saturated heterocycles. The molecule has 0 unspecified atom stereocenters. The molecular weight excluding hydrogens is 362 g/mol. The van der Waals surface area contributed by atoms with Crippen LogP contribution in [-0.2, 0) is 16.2 Å². The number of rotatable bonds is 8. The zero-order valence-electron chi connectivity index (χ0n) is 20.4. The molecule has 0 atom stereocenters. The first-order valence-electron chi connectivity index (χ1n) is 11.5. The Morgan fingerprint density at radius 1 is 0.897 bits per heavy atom. The van der Waals surface area contributed by atoms with E-state index in [1.165, 1.54) is 17.7 Å². The van der Waals surface area contributed by atoms with Gasteiger partial charge in [-0.1, -0.05) is 71.9 Å². The van der Waals surface area contributed by atoms with Crippen LogP contribution in [0, 0.1) is 0 Å². The van der Waals surface area contributed by atoms with Gasteiger partial charge in [0.1, 0.15) is 0 Å². The van der Waals surface area contributed by atoms with Crippen molar-refractivity contribution < 1.29 is 9.63 Å². The first kappa shape index (κ1) is 29.8. The molecule has 0 spiro atoms. The van der Waals surface area contributed by atoms with E-state index in [2.05, 4.69) is 40.1 Å². The fourth-order valence-electron chi connectivity index (χ4n) is 2.88. The van der Waals surface area contributed by atoms with Crippen molar-refractivity contribution in [2.24, 2.45) is 0 Å². The Kier molecular flexibility index (Phi) is 21.8. The van der Waals surface area contributed by atoms with Crippen LogP contribution in [0.4, 0.5) is 0 Å². The first-order valence-corrected chi connectivity index (χ1v) is 11.5. The van der Waals surface area contributed by atoms with Gasteiger partial charge in [0.05, 0.1) is 7.11 Å². The van der Waals surface area contributed by atoms with E-state index in [1.807, 2.05) is 41.5 Å². The SMILES string of the molecule is CC.CC.CC.CON(C)C(=O)CCCCN1CCN(Cc2ccccc2)CC1. The van der Waals surface area contributed by atoms with Gasteiger partial charge in [-0.3, -0.25) is 14.5 Å². The molecule has 1 amide bonds. The summed E-state index contributed by atoms with van der Waals surface area (Å²) in [4.78, 5) is 21.5. The molecule has 1 fully saturated rings.